The van der Waals surface area contributed by atoms with Crippen molar-refractivity contribution in [3.05, 3.63) is 12.7 Å². The molecule has 1 aliphatic rings. The van der Waals surface area contributed by atoms with Crippen LogP contribution in [0.5, 0.6) is 0 Å². The zero-order valence-corrected chi connectivity index (χ0v) is 7.68. The summed E-state index contributed by atoms with van der Waals surface area (Å²) in [4.78, 5) is 0. The van der Waals surface area contributed by atoms with Crippen molar-refractivity contribution >= 4 is 0 Å². The zero-order valence-electron chi connectivity index (χ0n) is 7.68. The molecule has 0 saturated heterocycles. The van der Waals surface area contributed by atoms with E-state index in [1.165, 1.54) is 38.5 Å². The van der Waals surface area contributed by atoms with E-state index in [1.54, 1.807) is 0 Å². The van der Waals surface area contributed by atoms with E-state index in [1.807, 2.05) is 0 Å². The monoisotopic (exact) mass is 152 g/mol. The van der Waals surface area contributed by atoms with E-state index in [9.17, 15) is 0 Å². The Morgan fingerprint density at radius 2 is 2.09 bits per heavy atom. The molecule has 0 heterocycles. The smallest absolute Gasteiger partial charge is 0.0322 e. The molecule has 64 valence electrons. The van der Waals surface area contributed by atoms with Crippen LogP contribution in [0.15, 0.2) is 12.7 Å². The van der Waals surface area contributed by atoms with Gasteiger partial charge < -0.3 is 0 Å². The fourth-order valence-electron chi connectivity index (χ4n) is 2.39. The normalized spacial score (nSPS) is 30.6. The molecule has 0 heteroatoms. The third-order valence-electron chi connectivity index (χ3n) is 2.95. The van der Waals surface area contributed by atoms with Gasteiger partial charge in [-0.2, -0.15) is 0 Å². The van der Waals surface area contributed by atoms with Crippen molar-refractivity contribution in [1.29, 1.82) is 0 Å². The minimum Gasteiger partial charge on any atom is -0.103 e. The molecule has 0 aliphatic heterocycles. The second-order valence-electron chi connectivity index (χ2n) is 3.76. The summed E-state index contributed by atoms with van der Waals surface area (Å²) < 4.78 is 0. The van der Waals surface area contributed by atoms with Crippen molar-refractivity contribution in [3.63, 3.8) is 0 Å². The highest BCUT2D eigenvalue weighted by molar-refractivity contribution is 4.82. The Hall–Kier alpha value is -0.260. The van der Waals surface area contributed by atoms with E-state index in [0.717, 1.165) is 11.8 Å². The Balaban J connectivity index is 2.31. The maximum Gasteiger partial charge on any atom is -0.0322 e. The summed E-state index contributed by atoms with van der Waals surface area (Å²) in [6, 6.07) is 0. The Kier molecular flexibility index (Phi) is 3.68. The van der Waals surface area contributed by atoms with E-state index >= 15 is 0 Å². The minimum atomic E-state index is 0.979. The van der Waals surface area contributed by atoms with Crippen LogP contribution in [0.4, 0.5) is 0 Å². The van der Waals surface area contributed by atoms with Crippen LogP contribution in [0.1, 0.15) is 45.4 Å². The van der Waals surface area contributed by atoms with Gasteiger partial charge in [-0.25, -0.2) is 0 Å². The third-order valence-corrected chi connectivity index (χ3v) is 2.95. The minimum absolute atomic E-state index is 0.979. The molecular formula is C11H20. The molecular weight excluding hydrogens is 132 g/mol. The van der Waals surface area contributed by atoms with Gasteiger partial charge in [0.25, 0.3) is 0 Å². The predicted molar refractivity (Wildman–Crippen MR) is 50.6 cm³/mol. The number of allylic oxidation sites excluding steroid dienone is 1. The highest BCUT2D eigenvalue weighted by Crippen LogP contribution is 2.36. The molecule has 2 atom stereocenters. The maximum atomic E-state index is 3.82. The van der Waals surface area contributed by atoms with E-state index in [2.05, 4.69) is 19.6 Å². The summed E-state index contributed by atoms with van der Waals surface area (Å²) >= 11 is 0. The third kappa shape index (κ3) is 2.36. The second kappa shape index (κ2) is 4.58. The van der Waals surface area contributed by atoms with Crippen LogP contribution >= 0.6 is 0 Å². The lowest BCUT2D eigenvalue weighted by Crippen LogP contribution is -2.06. The van der Waals surface area contributed by atoms with Crippen LogP contribution in [0.25, 0.3) is 0 Å². The molecule has 1 saturated carbocycles. The summed E-state index contributed by atoms with van der Waals surface area (Å²) in [5.74, 6) is 2.01. The number of hydrogen-bond donors (Lipinski definition) is 0. The van der Waals surface area contributed by atoms with Crippen molar-refractivity contribution < 1.29 is 0 Å². The van der Waals surface area contributed by atoms with E-state index in [0.29, 0.717) is 0 Å². The molecule has 11 heavy (non-hydrogen) atoms. The predicted octanol–water partition coefficient (Wildman–Crippen LogP) is 3.78. The molecule has 0 bridgehead atoms. The van der Waals surface area contributed by atoms with E-state index in [-0.39, 0.29) is 0 Å². The molecule has 0 aromatic heterocycles. The lowest BCUT2D eigenvalue weighted by molar-refractivity contribution is 0.364. The molecule has 0 aromatic carbocycles. The highest BCUT2D eigenvalue weighted by atomic mass is 14.3. The van der Waals surface area contributed by atoms with Crippen molar-refractivity contribution in [3.8, 4) is 0 Å². The van der Waals surface area contributed by atoms with Crippen LogP contribution in [0, 0.1) is 11.8 Å². The summed E-state index contributed by atoms with van der Waals surface area (Å²) in [5, 5.41) is 0. The lowest BCUT2D eigenvalue weighted by Gasteiger charge is -2.16. The summed E-state index contributed by atoms with van der Waals surface area (Å²) in [7, 11) is 0. The fourth-order valence-corrected chi connectivity index (χ4v) is 2.39. The molecule has 0 aromatic rings. The average Bonchev–Trinajstić information content (AvgIpc) is 2.39. The molecule has 0 nitrogen and oxygen atoms in total. The number of hydrogen-bond acceptors (Lipinski definition) is 0. The van der Waals surface area contributed by atoms with E-state index < -0.39 is 0 Å². The molecule has 2 unspecified atom stereocenters. The average molecular weight is 152 g/mol. The van der Waals surface area contributed by atoms with Crippen LogP contribution in [-0.2, 0) is 0 Å². The topological polar surface area (TPSA) is 0 Å². The van der Waals surface area contributed by atoms with Crippen LogP contribution in [0.3, 0.4) is 0 Å². The zero-order chi connectivity index (χ0) is 8.10. The van der Waals surface area contributed by atoms with Crippen molar-refractivity contribution in [2.24, 2.45) is 11.8 Å². The first kappa shape index (κ1) is 8.83. The van der Waals surface area contributed by atoms with Gasteiger partial charge in [0.05, 0.1) is 0 Å². The van der Waals surface area contributed by atoms with Gasteiger partial charge in [-0.05, 0) is 24.7 Å². The second-order valence-corrected chi connectivity index (χ2v) is 3.76. The molecule has 1 fully saturated rings. The molecule has 1 rings (SSSR count). The Morgan fingerprint density at radius 1 is 1.36 bits per heavy atom. The van der Waals surface area contributed by atoms with Gasteiger partial charge in [-0.15, -0.1) is 6.58 Å². The lowest BCUT2D eigenvalue weighted by atomic mass is 9.89. The molecule has 0 radical (unpaired) electrons. The van der Waals surface area contributed by atoms with Gasteiger partial charge in [0.1, 0.15) is 0 Å². The summed E-state index contributed by atoms with van der Waals surface area (Å²) in [5.41, 5.74) is 0. The van der Waals surface area contributed by atoms with Gasteiger partial charge in [-0.3, -0.25) is 0 Å². The standard InChI is InChI=1S/C11H20/c1-3-6-10-8-5-9-11(10)7-4-2/h3,10-11H,1,4-9H2,2H3. The largest absolute Gasteiger partial charge is 0.103 e. The quantitative estimate of drug-likeness (QED) is 0.538. The molecule has 0 N–H and O–H groups in total. The van der Waals surface area contributed by atoms with Crippen molar-refractivity contribution in [1.82, 2.24) is 0 Å². The van der Waals surface area contributed by atoms with Crippen molar-refractivity contribution in [2.75, 3.05) is 0 Å². The van der Waals surface area contributed by atoms with Crippen LogP contribution < -0.4 is 0 Å². The van der Waals surface area contributed by atoms with Gasteiger partial charge in [0.15, 0.2) is 0 Å². The number of rotatable bonds is 4. The van der Waals surface area contributed by atoms with Crippen molar-refractivity contribution in [2.45, 2.75) is 45.4 Å². The first-order valence-electron chi connectivity index (χ1n) is 4.99. The summed E-state index contributed by atoms with van der Waals surface area (Å²) in [6.45, 7) is 6.11. The highest BCUT2D eigenvalue weighted by Gasteiger charge is 2.24. The van der Waals surface area contributed by atoms with Gasteiger partial charge >= 0.3 is 0 Å². The van der Waals surface area contributed by atoms with Crippen LogP contribution in [-0.4, -0.2) is 0 Å². The van der Waals surface area contributed by atoms with Gasteiger partial charge in [-0.1, -0.05) is 38.7 Å². The molecule has 0 spiro atoms. The Labute approximate surface area is 70.7 Å². The maximum absolute atomic E-state index is 3.82. The molecule has 1 aliphatic carbocycles. The Morgan fingerprint density at radius 3 is 2.73 bits per heavy atom. The SMILES string of the molecule is C=CCC1CCCC1CCC. The van der Waals surface area contributed by atoms with Gasteiger partial charge in [0, 0.05) is 0 Å². The first-order valence-corrected chi connectivity index (χ1v) is 4.99. The molecule has 0 amide bonds. The van der Waals surface area contributed by atoms with Crippen LogP contribution in [0.2, 0.25) is 0 Å². The Bertz CT molecular complexity index is 115. The van der Waals surface area contributed by atoms with Gasteiger partial charge in [0.2, 0.25) is 0 Å². The first-order chi connectivity index (χ1) is 5.38. The fraction of sp³-hybridized carbons (Fsp3) is 0.818. The van der Waals surface area contributed by atoms with E-state index in [4.69, 9.17) is 0 Å². The summed E-state index contributed by atoms with van der Waals surface area (Å²) in [6.07, 6.45) is 10.5.